The number of hydrogen-bond donors (Lipinski definition) is 1. The predicted molar refractivity (Wildman–Crippen MR) is 35.9 cm³/mol. The third-order valence-electron chi connectivity index (χ3n) is 1.02. The normalized spacial score (nSPS) is 7.27. The molecule has 0 spiro atoms. The van der Waals surface area contributed by atoms with Gasteiger partial charge in [0, 0.05) is 37.7 Å². The van der Waals surface area contributed by atoms with Gasteiger partial charge in [-0.05, 0) is 12.1 Å². The molecule has 0 saturated heterocycles. The summed E-state index contributed by atoms with van der Waals surface area (Å²) in [6.07, 6.45) is 0. The predicted octanol–water partition coefficient (Wildman–Crippen LogP) is 1.54. The van der Waals surface area contributed by atoms with Crippen molar-refractivity contribution in [2.75, 3.05) is 0 Å². The zero-order valence-corrected chi connectivity index (χ0v) is 7.39. The molecule has 11 heavy (non-hydrogen) atoms. The van der Waals surface area contributed by atoms with Crippen LogP contribution in [-0.4, -0.2) is 11.1 Å². The summed E-state index contributed by atoms with van der Waals surface area (Å²) in [5.74, 6) is -0.879. The molecule has 1 aromatic rings. The first-order valence-electron chi connectivity index (χ1n) is 2.59. The SMILES string of the molecule is F.O=C(O)c1ccccc1.[Ho]. The van der Waals surface area contributed by atoms with Crippen LogP contribution in [-0.2, 0) is 0 Å². The molecular weight excluding hydrogens is 300 g/mol. The first-order valence-corrected chi connectivity index (χ1v) is 2.59. The Bertz CT molecular complexity index is 213. The van der Waals surface area contributed by atoms with Crippen molar-refractivity contribution in [1.82, 2.24) is 0 Å². The second-order valence-electron chi connectivity index (χ2n) is 1.67. The summed E-state index contributed by atoms with van der Waals surface area (Å²) in [4.78, 5) is 10.2. The molecule has 1 rings (SSSR count). The van der Waals surface area contributed by atoms with Gasteiger partial charge in [-0.25, -0.2) is 4.79 Å². The molecule has 0 aliphatic carbocycles. The van der Waals surface area contributed by atoms with E-state index in [9.17, 15) is 4.79 Å². The van der Waals surface area contributed by atoms with Gasteiger partial charge in [-0.15, -0.1) is 0 Å². The number of carbonyl (C=O) groups is 1. The Morgan fingerprint density at radius 3 is 1.91 bits per heavy atom. The van der Waals surface area contributed by atoms with E-state index in [1.807, 2.05) is 0 Å². The fraction of sp³-hybridized carbons (Fsp3) is 0. The van der Waals surface area contributed by atoms with Crippen LogP contribution in [0.25, 0.3) is 0 Å². The number of carboxylic acid groups (broad SMARTS) is 1. The van der Waals surface area contributed by atoms with E-state index in [0.717, 1.165) is 0 Å². The van der Waals surface area contributed by atoms with Crippen LogP contribution in [0.1, 0.15) is 10.4 Å². The minimum absolute atomic E-state index is 0. The smallest absolute Gasteiger partial charge is 0.335 e. The standard InChI is InChI=1S/C7H6O2.FH.Ho/c8-7(9)6-4-2-1-3-5-6;;/h1-5H,(H,8,9);1H;. The Hall–Kier alpha value is -0.120. The molecule has 0 amide bonds. The molecule has 1 radical (unpaired) electrons. The van der Waals surface area contributed by atoms with E-state index in [0.29, 0.717) is 5.56 Å². The van der Waals surface area contributed by atoms with Crippen molar-refractivity contribution in [3.63, 3.8) is 0 Å². The minimum atomic E-state index is -0.879. The van der Waals surface area contributed by atoms with Crippen LogP contribution < -0.4 is 0 Å². The molecule has 0 atom stereocenters. The van der Waals surface area contributed by atoms with E-state index in [4.69, 9.17) is 5.11 Å². The Balaban J connectivity index is 0. The van der Waals surface area contributed by atoms with Crippen LogP contribution in [0, 0.1) is 37.7 Å². The maximum absolute atomic E-state index is 10.2. The van der Waals surface area contributed by atoms with E-state index in [1.54, 1.807) is 30.3 Å². The summed E-state index contributed by atoms with van der Waals surface area (Å²) in [5.41, 5.74) is 0.331. The average Bonchev–Trinajstić information content (AvgIpc) is 1.90. The number of hydrogen-bond acceptors (Lipinski definition) is 1. The van der Waals surface area contributed by atoms with Gasteiger partial charge in [-0.2, -0.15) is 0 Å². The molecule has 0 aliphatic heterocycles. The van der Waals surface area contributed by atoms with Crippen LogP contribution in [0.4, 0.5) is 4.70 Å². The molecule has 0 saturated carbocycles. The van der Waals surface area contributed by atoms with Crippen molar-refractivity contribution in [1.29, 1.82) is 0 Å². The molecule has 0 unspecified atom stereocenters. The van der Waals surface area contributed by atoms with E-state index in [-0.39, 0.29) is 42.4 Å². The zero-order chi connectivity index (χ0) is 6.69. The molecule has 0 bridgehead atoms. The van der Waals surface area contributed by atoms with Crippen molar-refractivity contribution in [3.8, 4) is 0 Å². The topological polar surface area (TPSA) is 37.3 Å². The van der Waals surface area contributed by atoms with Gasteiger partial charge in [0.25, 0.3) is 0 Å². The van der Waals surface area contributed by atoms with Crippen molar-refractivity contribution in [2.45, 2.75) is 0 Å². The van der Waals surface area contributed by atoms with Crippen LogP contribution in [0.5, 0.6) is 0 Å². The van der Waals surface area contributed by atoms with Gasteiger partial charge in [-0.3, -0.25) is 4.70 Å². The maximum Gasteiger partial charge on any atom is 0.335 e. The Morgan fingerprint density at radius 2 is 1.64 bits per heavy atom. The summed E-state index contributed by atoms with van der Waals surface area (Å²) in [5, 5.41) is 8.38. The fourth-order valence-corrected chi connectivity index (χ4v) is 0.581. The van der Waals surface area contributed by atoms with Gasteiger partial charge in [-0.1, -0.05) is 18.2 Å². The van der Waals surface area contributed by atoms with E-state index in [1.165, 1.54) is 0 Å². The molecule has 4 heteroatoms. The number of benzene rings is 1. The fourth-order valence-electron chi connectivity index (χ4n) is 0.581. The quantitative estimate of drug-likeness (QED) is 0.799. The molecule has 0 fully saturated rings. The number of aromatic carboxylic acids is 1. The average molecular weight is 307 g/mol. The van der Waals surface area contributed by atoms with Gasteiger partial charge in [0.15, 0.2) is 0 Å². The third kappa shape index (κ3) is 4.35. The van der Waals surface area contributed by atoms with E-state index < -0.39 is 5.97 Å². The van der Waals surface area contributed by atoms with Gasteiger partial charge in [0.05, 0.1) is 5.56 Å². The molecule has 1 N–H and O–H groups in total. The van der Waals surface area contributed by atoms with Gasteiger partial charge in [0.1, 0.15) is 0 Å². The summed E-state index contributed by atoms with van der Waals surface area (Å²) >= 11 is 0. The molecule has 0 aliphatic rings. The number of halogens is 1. The third-order valence-corrected chi connectivity index (χ3v) is 1.02. The van der Waals surface area contributed by atoms with E-state index in [2.05, 4.69) is 0 Å². The van der Waals surface area contributed by atoms with Crippen LogP contribution in [0.15, 0.2) is 30.3 Å². The second-order valence-corrected chi connectivity index (χ2v) is 1.67. The summed E-state index contributed by atoms with van der Waals surface area (Å²) in [6, 6.07) is 8.30. The van der Waals surface area contributed by atoms with Crippen LogP contribution in [0.3, 0.4) is 0 Å². The monoisotopic (exact) mass is 307 g/mol. The largest absolute Gasteiger partial charge is 0.478 e. The first kappa shape index (κ1) is 13.5. The van der Waals surface area contributed by atoms with Crippen molar-refractivity contribution < 1.29 is 52.3 Å². The summed E-state index contributed by atoms with van der Waals surface area (Å²) < 4.78 is 0. The Morgan fingerprint density at radius 1 is 1.18 bits per heavy atom. The van der Waals surface area contributed by atoms with Crippen LogP contribution >= 0.6 is 0 Å². The Kier molecular flexibility index (Phi) is 8.06. The van der Waals surface area contributed by atoms with Gasteiger partial charge < -0.3 is 5.11 Å². The minimum Gasteiger partial charge on any atom is -0.478 e. The van der Waals surface area contributed by atoms with Gasteiger partial charge >= 0.3 is 5.97 Å². The zero-order valence-electron chi connectivity index (χ0n) is 5.45. The van der Waals surface area contributed by atoms with Crippen molar-refractivity contribution in [2.24, 2.45) is 0 Å². The molecule has 2 nitrogen and oxygen atoms in total. The van der Waals surface area contributed by atoms with Crippen molar-refractivity contribution >= 4 is 5.97 Å². The Labute approximate surface area is 93.6 Å². The molecule has 1 aromatic carbocycles. The molecule has 0 heterocycles. The molecule has 0 aromatic heterocycles. The molecule has 65 valence electrons. The maximum atomic E-state index is 10.2. The van der Waals surface area contributed by atoms with Crippen molar-refractivity contribution in [3.05, 3.63) is 35.9 Å². The summed E-state index contributed by atoms with van der Waals surface area (Å²) in [7, 11) is 0. The van der Waals surface area contributed by atoms with Crippen LogP contribution in [0.2, 0.25) is 0 Å². The second kappa shape index (κ2) is 6.58. The van der Waals surface area contributed by atoms with Gasteiger partial charge in [0.2, 0.25) is 0 Å². The number of rotatable bonds is 1. The van der Waals surface area contributed by atoms with E-state index >= 15 is 0 Å². The summed E-state index contributed by atoms with van der Waals surface area (Å²) in [6.45, 7) is 0. The number of carboxylic acids is 1. The first-order chi connectivity index (χ1) is 4.30. The molecular formula is C7H7FHoO2.